The minimum atomic E-state index is -0.833. The molecule has 0 aromatic heterocycles. The molecule has 0 atom stereocenters. The molecular formula is C10H18O7. The number of ether oxygens (including phenoxy) is 1. The van der Waals surface area contributed by atoms with E-state index in [1.165, 1.54) is 0 Å². The van der Waals surface area contributed by atoms with Crippen LogP contribution in [0.5, 0.6) is 0 Å². The minimum absolute atomic E-state index is 0.833. The van der Waals surface area contributed by atoms with E-state index in [-0.39, 0.29) is 0 Å². The van der Waals surface area contributed by atoms with E-state index >= 15 is 0 Å². The molecule has 0 amide bonds. The molecule has 0 heterocycles. The Bertz CT molecular complexity index is 182. The Morgan fingerprint density at radius 1 is 0.882 bits per heavy atom. The van der Waals surface area contributed by atoms with Gasteiger partial charge in [0.05, 0.1) is 0 Å². The van der Waals surface area contributed by atoms with Crippen molar-refractivity contribution < 1.29 is 35.2 Å². The number of hydrogen-bond donors (Lipinski definition) is 3. The second-order valence-corrected chi connectivity index (χ2v) is 2.23. The maximum Gasteiger partial charge on any atom is 0.300 e. The summed E-state index contributed by atoms with van der Waals surface area (Å²) in [4.78, 5) is 9.00. The topological polar surface area (TPSA) is 105 Å². The summed E-state index contributed by atoms with van der Waals surface area (Å²) in [5.74, 6) is -0.833. The molecule has 1 rings (SSSR count). The first-order valence-corrected chi connectivity index (χ1v) is 4.28. The standard InChI is InChI=1S/C6H6.C2H4O2.C2H6O.H2O4/c1-2-4-6-5-3-1;1-2(3)4;1-3-2;1-3-4-2/h1-6H;1H3,(H,3,4);1-2H3;1-2H. The molecule has 0 bridgehead atoms. The van der Waals surface area contributed by atoms with E-state index in [0.717, 1.165) is 6.92 Å². The molecule has 7 heteroatoms. The number of hydrogen-bond acceptors (Lipinski definition) is 6. The van der Waals surface area contributed by atoms with Gasteiger partial charge >= 0.3 is 0 Å². The summed E-state index contributed by atoms with van der Waals surface area (Å²) in [6.45, 7) is 1.08. The quantitative estimate of drug-likeness (QED) is 0.516. The molecule has 0 aliphatic heterocycles. The van der Waals surface area contributed by atoms with E-state index in [0.29, 0.717) is 0 Å². The Balaban J connectivity index is -0.000000161. The fourth-order valence-corrected chi connectivity index (χ4v) is 0.385. The second-order valence-electron chi connectivity index (χ2n) is 2.23. The summed E-state index contributed by atoms with van der Waals surface area (Å²) in [7, 11) is 3.25. The molecular weight excluding hydrogens is 232 g/mol. The van der Waals surface area contributed by atoms with Crippen LogP contribution in [0.1, 0.15) is 6.92 Å². The first-order valence-electron chi connectivity index (χ1n) is 4.28. The lowest BCUT2D eigenvalue weighted by Gasteiger charge is -1.71. The van der Waals surface area contributed by atoms with Crippen molar-refractivity contribution in [1.29, 1.82) is 0 Å². The van der Waals surface area contributed by atoms with E-state index < -0.39 is 5.97 Å². The maximum absolute atomic E-state index is 9.00. The van der Waals surface area contributed by atoms with E-state index in [1.54, 1.807) is 14.2 Å². The Hall–Kier alpha value is -1.51. The Labute approximate surface area is 99.6 Å². The van der Waals surface area contributed by atoms with Gasteiger partial charge in [0, 0.05) is 21.1 Å². The molecule has 0 fully saturated rings. The van der Waals surface area contributed by atoms with Gasteiger partial charge in [-0.2, -0.15) is 0 Å². The third-order valence-electron chi connectivity index (χ3n) is 0.700. The van der Waals surface area contributed by atoms with Crippen LogP contribution in [0.2, 0.25) is 0 Å². The number of carbonyl (C=O) groups is 1. The Kier molecular flexibility index (Phi) is 29.4. The van der Waals surface area contributed by atoms with E-state index in [9.17, 15) is 0 Å². The predicted octanol–water partition coefficient (Wildman–Crippen LogP) is 1.92. The number of carboxylic acids is 1. The third-order valence-corrected chi connectivity index (χ3v) is 0.700. The number of methoxy groups -OCH3 is 1. The van der Waals surface area contributed by atoms with Gasteiger partial charge in [-0.05, 0) is 10.1 Å². The number of carboxylic acid groups (broad SMARTS) is 1. The second kappa shape index (κ2) is 24.0. The van der Waals surface area contributed by atoms with E-state index in [1.807, 2.05) is 36.4 Å². The minimum Gasteiger partial charge on any atom is -0.481 e. The molecule has 0 aliphatic carbocycles. The first-order chi connectivity index (χ1) is 8.06. The van der Waals surface area contributed by atoms with Gasteiger partial charge in [0.15, 0.2) is 0 Å². The fraction of sp³-hybridized carbons (Fsp3) is 0.300. The molecule has 1 aromatic rings. The van der Waals surface area contributed by atoms with Crippen LogP contribution in [0.25, 0.3) is 0 Å². The lowest BCUT2D eigenvalue weighted by atomic mass is 10.4. The SMILES string of the molecule is CC(=O)O.COC.OOOO.c1ccccc1. The lowest BCUT2D eigenvalue weighted by Crippen LogP contribution is -1.78. The van der Waals surface area contributed by atoms with Gasteiger partial charge < -0.3 is 9.84 Å². The van der Waals surface area contributed by atoms with Crippen LogP contribution >= 0.6 is 0 Å². The maximum atomic E-state index is 9.00. The first kappa shape index (κ1) is 20.8. The van der Waals surface area contributed by atoms with E-state index in [2.05, 4.69) is 14.8 Å². The van der Waals surface area contributed by atoms with Crippen LogP contribution in [0.3, 0.4) is 0 Å². The molecule has 100 valence electrons. The highest BCUT2D eigenvalue weighted by molar-refractivity contribution is 5.62. The Morgan fingerprint density at radius 3 is 1.06 bits per heavy atom. The zero-order valence-corrected chi connectivity index (χ0v) is 9.94. The van der Waals surface area contributed by atoms with Crippen molar-refractivity contribution in [2.24, 2.45) is 0 Å². The highest BCUT2D eigenvalue weighted by Crippen LogP contribution is 1.79. The van der Waals surface area contributed by atoms with Crippen molar-refractivity contribution in [2.75, 3.05) is 14.2 Å². The van der Waals surface area contributed by atoms with Crippen LogP contribution in [-0.2, 0) is 19.6 Å². The van der Waals surface area contributed by atoms with Gasteiger partial charge in [0.25, 0.3) is 5.97 Å². The smallest absolute Gasteiger partial charge is 0.300 e. The zero-order chi connectivity index (χ0) is 13.9. The zero-order valence-electron chi connectivity index (χ0n) is 9.94. The monoisotopic (exact) mass is 250 g/mol. The predicted molar refractivity (Wildman–Crippen MR) is 60.1 cm³/mol. The van der Waals surface area contributed by atoms with Crippen molar-refractivity contribution in [3.05, 3.63) is 36.4 Å². The summed E-state index contributed by atoms with van der Waals surface area (Å²) in [5.41, 5.74) is 0. The highest BCUT2D eigenvalue weighted by atomic mass is 17.6. The van der Waals surface area contributed by atoms with Crippen molar-refractivity contribution in [3.8, 4) is 0 Å². The molecule has 0 saturated carbocycles. The molecule has 3 N–H and O–H groups in total. The number of rotatable bonds is 1. The molecule has 1 aromatic carbocycles. The molecule has 7 nitrogen and oxygen atoms in total. The van der Waals surface area contributed by atoms with Crippen molar-refractivity contribution >= 4 is 5.97 Å². The third kappa shape index (κ3) is 75.0. The molecule has 0 unspecified atom stereocenters. The van der Waals surface area contributed by atoms with Gasteiger partial charge in [-0.3, -0.25) is 4.79 Å². The molecule has 0 radical (unpaired) electrons. The lowest BCUT2D eigenvalue weighted by molar-refractivity contribution is -0.611. The normalized spacial score (nSPS) is 7.12. The molecule has 17 heavy (non-hydrogen) atoms. The average Bonchev–Trinajstić information content (AvgIpc) is 2.32. The number of benzene rings is 1. The van der Waals surface area contributed by atoms with Crippen molar-refractivity contribution in [1.82, 2.24) is 0 Å². The number of aliphatic carboxylic acids is 1. The van der Waals surface area contributed by atoms with Crippen LogP contribution in [0, 0.1) is 0 Å². The Morgan fingerprint density at radius 2 is 1.00 bits per heavy atom. The van der Waals surface area contributed by atoms with Gasteiger partial charge in [0.1, 0.15) is 0 Å². The van der Waals surface area contributed by atoms with Crippen LogP contribution < -0.4 is 0 Å². The van der Waals surface area contributed by atoms with Crippen LogP contribution in [-0.4, -0.2) is 35.8 Å². The van der Waals surface area contributed by atoms with E-state index in [4.69, 9.17) is 20.4 Å². The average molecular weight is 250 g/mol. The van der Waals surface area contributed by atoms with Gasteiger partial charge in [-0.25, -0.2) is 10.5 Å². The summed E-state index contributed by atoms with van der Waals surface area (Å²) in [6, 6.07) is 12.0. The largest absolute Gasteiger partial charge is 0.481 e. The summed E-state index contributed by atoms with van der Waals surface area (Å²) >= 11 is 0. The summed E-state index contributed by atoms with van der Waals surface area (Å²) in [6.07, 6.45) is 0. The molecule has 0 spiro atoms. The molecule has 0 aliphatic rings. The molecule has 0 saturated heterocycles. The van der Waals surface area contributed by atoms with Crippen molar-refractivity contribution in [2.45, 2.75) is 6.92 Å². The summed E-state index contributed by atoms with van der Waals surface area (Å²) in [5, 5.41) is 26.4. The van der Waals surface area contributed by atoms with Gasteiger partial charge in [-0.15, -0.1) is 0 Å². The van der Waals surface area contributed by atoms with Gasteiger partial charge in [0.2, 0.25) is 0 Å². The van der Waals surface area contributed by atoms with Crippen molar-refractivity contribution in [3.63, 3.8) is 0 Å². The summed E-state index contributed by atoms with van der Waals surface area (Å²) < 4.78 is 4.25. The van der Waals surface area contributed by atoms with Gasteiger partial charge in [-0.1, -0.05) is 36.4 Å². The van der Waals surface area contributed by atoms with Crippen LogP contribution in [0.4, 0.5) is 0 Å². The highest BCUT2D eigenvalue weighted by Gasteiger charge is 1.65. The van der Waals surface area contributed by atoms with Crippen LogP contribution in [0.15, 0.2) is 36.4 Å². The fourth-order valence-electron chi connectivity index (χ4n) is 0.385.